The molecule has 0 spiro atoms. The third-order valence-electron chi connectivity index (χ3n) is 3.98. The lowest BCUT2D eigenvalue weighted by atomic mass is 10.0. The van der Waals surface area contributed by atoms with Crippen LogP contribution in [0.15, 0.2) is 36.5 Å². The molecule has 21 heavy (non-hydrogen) atoms. The van der Waals surface area contributed by atoms with Crippen molar-refractivity contribution in [1.82, 2.24) is 9.88 Å². The molecule has 2 N–H and O–H groups in total. The first-order valence-corrected chi connectivity index (χ1v) is 6.94. The van der Waals surface area contributed by atoms with Crippen LogP contribution in [0, 0.1) is 12.7 Å². The van der Waals surface area contributed by atoms with Crippen molar-refractivity contribution < 1.29 is 14.3 Å². The molecule has 3 rings (SSSR count). The summed E-state index contributed by atoms with van der Waals surface area (Å²) in [6.45, 7) is 2.14. The van der Waals surface area contributed by atoms with Crippen molar-refractivity contribution in [3.05, 3.63) is 59.2 Å². The highest BCUT2D eigenvalue weighted by atomic mass is 19.1. The lowest BCUT2D eigenvalue weighted by Gasteiger charge is -2.24. The topological polar surface area (TPSA) is 56.3 Å². The molecule has 0 aliphatic carbocycles. The summed E-state index contributed by atoms with van der Waals surface area (Å²) in [5, 5.41) is 9.93. The van der Waals surface area contributed by atoms with Gasteiger partial charge in [0.2, 0.25) is 0 Å². The Hall–Kier alpha value is -2.14. The number of amides is 1. The van der Waals surface area contributed by atoms with Crippen LogP contribution in [0.25, 0.3) is 0 Å². The third kappa shape index (κ3) is 2.56. The minimum Gasteiger partial charge on any atom is -0.391 e. The van der Waals surface area contributed by atoms with Crippen molar-refractivity contribution in [2.24, 2.45) is 0 Å². The summed E-state index contributed by atoms with van der Waals surface area (Å²) in [5.74, 6) is -0.420. The molecule has 2 atom stereocenters. The van der Waals surface area contributed by atoms with Gasteiger partial charge in [-0.25, -0.2) is 4.39 Å². The van der Waals surface area contributed by atoms with Gasteiger partial charge in [0.05, 0.1) is 17.7 Å². The fourth-order valence-corrected chi connectivity index (χ4v) is 2.88. The van der Waals surface area contributed by atoms with Gasteiger partial charge in [0.15, 0.2) is 0 Å². The molecule has 5 heteroatoms. The van der Waals surface area contributed by atoms with Crippen molar-refractivity contribution in [3.8, 4) is 0 Å². The van der Waals surface area contributed by atoms with E-state index in [4.69, 9.17) is 0 Å². The second kappa shape index (κ2) is 5.33. The SMILES string of the molecule is Cc1[nH]ccc1C(=O)N1CC(O)CC1c1ccc(F)cc1. The monoisotopic (exact) mass is 288 g/mol. The number of hydrogen-bond donors (Lipinski definition) is 2. The fourth-order valence-electron chi connectivity index (χ4n) is 2.88. The molecule has 0 radical (unpaired) electrons. The summed E-state index contributed by atoms with van der Waals surface area (Å²) in [5.41, 5.74) is 2.25. The number of carbonyl (C=O) groups is 1. The number of rotatable bonds is 2. The van der Waals surface area contributed by atoms with Crippen LogP contribution in [0.5, 0.6) is 0 Å². The third-order valence-corrected chi connectivity index (χ3v) is 3.98. The molecule has 1 saturated heterocycles. The van der Waals surface area contributed by atoms with Crippen LogP contribution in [0.2, 0.25) is 0 Å². The second-order valence-corrected chi connectivity index (χ2v) is 5.43. The van der Waals surface area contributed by atoms with Gasteiger partial charge in [-0.2, -0.15) is 0 Å². The van der Waals surface area contributed by atoms with Gasteiger partial charge in [0, 0.05) is 18.4 Å². The number of nitrogens with one attached hydrogen (secondary N) is 1. The lowest BCUT2D eigenvalue weighted by Crippen LogP contribution is -2.32. The van der Waals surface area contributed by atoms with E-state index >= 15 is 0 Å². The molecule has 0 bridgehead atoms. The first-order chi connectivity index (χ1) is 10.1. The molecule has 2 aromatic rings. The average Bonchev–Trinajstić information content (AvgIpc) is 3.05. The summed E-state index contributed by atoms with van der Waals surface area (Å²) in [6, 6.07) is 7.62. The van der Waals surface area contributed by atoms with E-state index in [0.29, 0.717) is 18.5 Å². The van der Waals surface area contributed by atoms with Crippen LogP contribution in [0.3, 0.4) is 0 Å². The molecule has 2 heterocycles. The minimum atomic E-state index is -0.553. The second-order valence-electron chi connectivity index (χ2n) is 5.43. The number of β-amino-alcohol motifs (C(OH)–C–C–N with tert-alkyl or cyclic N) is 1. The number of aromatic amines is 1. The number of aliphatic hydroxyl groups is 1. The van der Waals surface area contributed by atoms with E-state index in [1.54, 1.807) is 29.3 Å². The van der Waals surface area contributed by atoms with Crippen LogP contribution < -0.4 is 0 Å². The van der Waals surface area contributed by atoms with Crippen LogP contribution in [0.4, 0.5) is 4.39 Å². The number of halogens is 1. The quantitative estimate of drug-likeness (QED) is 0.891. The summed E-state index contributed by atoms with van der Waals surface area (Å²) in [6.07, 6.45) is 1.64. The molecule has 0 saturated carbocycles. The molecule has 1 amide bonds. The first-order valence-electron chi connectivity index (χ1n) is 6.94. The maximum atomic E-state index is 13.0. The molecule has 1 aromatic heterocycles. The van der Waals surface area contributed by atoms with Gasteiger partial charge < -0.3 is 15.0 Å². The fraction of sp³-hybridized carbons (Fsp3) is 0.312. The number of likely N-dealkylation sites (tertiary alicyclic amines) is 1. The Balaban J connectivity index is 1.91. The van der Waals surface area contributed by atoms with Crippen molar-refractivity contribution in [3.63, 3.8) is 0 Å². The maximum Gasteiger partial charge on any atom is 0.256 e. The Labute approximate surface area is 122 Å². The highest BCUT2D eigenvalue weighted by molar-refractivity contribution is 5.95. The number of hydrogen-bond acceptors (Lipinski definition) is 2. The maximum absolute atomic E-state index is 13.0. The predicted molar refractivity (Wildman–Crippen MR) is 76.3 cm³/mol. The van der Waals surface area contributed by atoms with E-state index < -0.39 is 6.10 Å². The highest BCUT2D eigenvalue weighted by Gasteiger charge is 2.36. The van der Waals surface area contributed by atoms with Crippen molar-refractivity contribution >= 4 is 5.91 Å². The lowest BCUT2D eigenvalue weighted by molar-refractivity contribution is 0.0715. The molecule has 1 aromatic carbocycles. The Morgan fingerprint density at radius 2 is 2.05 bits per heavy atom. The molecule has 4 nitrogen and oxygen atoms in total. The van der Waals surface area contributed by atoms with Crippen LogP contribution in [-0.4, -0.2) is 33.5 Å². The van der Waals surface area contributed by atoms with Gasteiger partial charge in [-0.3, -0.25) is 4.79 Å². The van der Waals surface area contributed by atoms with E-state index in [-0.39, 0.29) is 17.8 Å². The van der Waals surface area contributed by atoms with Crippen molar-refractivity contribution in [1.29, 1.82) is 0 Å². The molecule has 2 unspecified atom stereocenters. The number of aryl methyl sites for hydroxylation is 1. The number of nitrogens with zero attached hydrogens (tertiary/aromatic N) is 1. The Morgan fingerprint density at radius 3 is 2.67 bits per heavy atom. The minimum absolute atomic E-state index is 0.111. The zero-order valence-corrected chi connectivity index (χ0v) is 11.7. The van der Waals surface area contributed by atoms with Gasteiger partial charge in [0.1, 0.15) is 5.82 Å². The van der Waals surface area contributed by atoms with Crippen molar-refractivity contribution in [2.75, 3.05) is 6.54 Å². The number of carbonyl (C=O) groups excluding carboxylic acids is 1. The summed E-state index contributed by atoms with van der Waals surface area (Å²) in [4.78, 5) is 17.3. The summed E-state index contributed by atoms with van der Waals surface area (Å²) < 4.78 is 13.0. The first kappa shape index (κ1) is 13.8. The summed E-state index contributed by atoms with van der Waals surface area (Å²) >= 11 is 0. The van der Waals surface area contributed by atoms with Crippen LogP contribution >= 0.6 is 0 Å². The number of aromatic nitrogens is 1. The van der Waals surface area contributed by atoms with Gasteiger partial charge >= 0.3 is 0 Å². The normalized spacial score (nSPS) is 21.8. The van der Waals surface area contributed by atoms with E-state index in [0.717, 1.165) is 11.3 Å². The van der Waals surface area contributed by atoms with E-state index in [9.17, 15) is 14.3 Å². The van der Waals surface area contributed by atoms with Gasteiger partial charge in [-0.15, -0.1) is 0 Å². The zero-order valence-electron chi connectivity index (χ0n) is 11.7. The smallest absolute Gasteiger partial charge is 0.256 e. The van der Waals surface area contributed by atoms with Crippen LogP contribution in [0.1, 0.15) is 34.1 Å². The zero-order chi connectivity index (χ0) is 15.0. The molecular formula is C16H17FN2O2. The molecule has 1 aliphatic heterocycles. The predicted octanol–water partition coefficient (Wildman–Crippen LogP) is 2.41. The Kier molecular flexibility index (Phi) is 3.51. The molecule has 1 fully saturated rings. The standard InChI is InChI=1S/C16H17FN2O2/c1-10-14(6-7-18-10)16(21)19-9-13(20)8-15(19)11-2-4-12(17)5-3-11/h2-7,13,15,18,20H,8-9H2,1H3. The largest absolute Gasteiger partial charge is 0.391 e. The molecular weight excluding hydrogens is 271 g/mol. The van der Waals surface area contributed by atoms with Crippen molar-refractivity contribution in [2.45, 2.75) is 25.5 Å². The van der Waals surface area contributed by atoms with Gasteiger partial charge in [-0.1, -0.05) is 12.1 Å². The van der Waals surface area contributed by atoms with Gasteiger partial charge in [0.25, 0.3) is 5.91 Å². The van der Waals surface area contributed by atoms with E-state index in [2.05, 4.69) is 4.98 Å². The number of benzene rings is 1. The molecule has 1 aliphatic rings. The Bertz CT molecular complexity index is 651. The van der Waals surface area contributed by atoms with Gasteiger partial charge in [-0.05, 0) is 37.1 Å². The Morgan fingerprint density at radius 1 is 1.33 bits per heavy atom. The number of aliphatic hydroxyl groups excluding tert-OH is 1. The van der Waals surface area contributed by atoms with E-state index in [1.807, 2.05) is 6.92 Å². The molecule has 110 valence electrons. The van der Waals surface area contributed by atoms with Crippen LogP contribution in [-0.2, 0) is 0 Å². The van der Waals surface area contributed by atoms with E-state index in [1.165, 1.54) is 12.1 Å². The number of H-pyrrole nitrogens is 1. The average molecular weight is 288 g/mol. The summed E-state index contributed by atoms with van der Waals surface area (Å²) in [7, 11) is 0. The highest BCUT2D eigenvalue weighted by Crippen LogP contribution is 2.33.